The molecule has 2 atom stereocenters. The van der Waals surface area contributed by atoms with Crippen molar-refractivity contribution in [2.24, 2.45) is 11.7 Å². The summed E-state index contributed by atoms with van der Waals surface area (Å²) >= 11 is 12.0. The zero-order valence-corrected chi connectivity index (χ0v) is 10.6. The van der Waals surface area contributed by atoms with Gasteiger partial charge in [-0.2, -0.15) is 0 Å². The molecule has 84 valence electrons. The Kier molecular flexibility index (Phi) is 4.91. The van der Waals surface area contributed by atoms with Crippen molar-refractivity contribution in [3.8, 4) is 0 Å². The summed E-state index contributed by atoms with van der Waals surface area (Å²) in [6, 6.07) is 5.76. The maximum Gasteiger partial charge on any atom is 0.0439 e. The third-order valence-electron chi connectivity index (χ3n) is 2.76. The second-order valence-electron chi connectivity index (χ2n) is 3.97. The van der Waals surface area contributed by atoms with Crippen LogP contribution in [0.1, 0.15) is 25.8 Å². The zero-order valence-electron chi connectivity index (χ0n) is 9.13. The average Bonchev–Trinajstić information content (AvgIpc) is 2.18. The highest BCUT2D eigenvalue weighted by Gasteiger charge is 2.14. The van der Waals surface area contributed by atoms with Gasteiger partial charge in [0.2, 0.25) is 0 Å². The average molecular weight is 246 g/mol. The molecule has 0 amide bonds. The van der Waals surface area contributed by atoms with Gasteiger partial charge in [-0.3, -0.25) is 0 Å². The Morgan fingerprint density at radius 1 is 1.33 bits per heavy atom. The number of rotatable bonds is 4. The molecule has 0 aliphatic carbocycles. The standard InChI is InChI=1S/C12H17Cl2N/c1-3-9(8(2)15)6-10-7-11(13)4-5-12(10)14/h4-5,7-9H,3,6,15H2,1-2H3. The van der Waals surface area contributed by atoms with Gasteiger partial charge in [0.1, 0.15) is 0 Å². The molecule has 2 N–H and O–H groups in total. The Hall–Kier alpha value is -0.240. The van der Waals surface area contributed by atoms with Crippen LogP contribution >= 0.6 is 23.2 Å². The van der Waals surface area contributed by atoms with Crippen LogP contribution in [0.4, 0.5) is 0 Å². The van der Waals surface area contributed by atoms with Crippen LogP contribution in [0.15, 0.2) is 18.2 Å². The van der Waals surface area contributed by atoms with Crippen LogP contribution in [-0.4, -0.2) is 6.04 Å². The molecule has 0 aliphatic heterocycles. The van der Waals surface area contributed by atoms with Crippen molar-refractivity contribution >= 4 is 23.2 Å². The van der Waals surface area contributed by atoms with Crippen LogP contribution in [0, 0.1) is 5.92 Å². The first kappa shape index (κ1) is 12.8. The van der Waals surface area contributed by atoms with E-state index in [-0.39, 0.29) is 6.04 Å². The minimum Gasteiger partial charge on any atom is -0.328 e. The lowest BCUT2D eigenvalue weighted by molar-refractivity contribution is 0.428. The van der Waals surface area contributed by atoms with Gasteiger partial charge in [-0.25, -0.2) is 0 Å². The van der Waals surface area contributed by atoms with Crippen LogP contribution in [0.2, 0.25) is 10.0 Å². The van der Waals surface area contributed by atoms with Gasteiger partial charge in [0, 0.05) is 16.1 Å². The number of nitrogens with two attached hydrogens (primary N) is 1. The van der Waals surface area contributed by atoms with E-state index in [4.69, 9.17) is 28.9 Å². The predicted molar refractivity (Wildman–Crippen MR) is 67.6 cm³/mol. The van der Waals surface area contributed by atoms with Gasteiger partial charge >= 0.3 is 0 Å². The summed E-state index contributed by atoms with van der Waals surface area (Å²) in [5.74, 6) is 0.459. The van der Waals surface area contributed by atoms with Crippen molar-refractivity contribution in [2.75, 3.05) is 0 Å². The van der Waals surface area contributed by atoms with Crippen LogP contribution < -0.4 is 5.73 Å². The molecule has 1 aromatic carbocycles. The largest absolute Gasteiger partial charge is 0.328 e. The van der Waals surface area contributed by atoms with Crippen LogP contribution in [0.25, 0.3) is 0 Å². The summed E-state index contributed by atoms with van der Waals surface area (Å²) in [7, 11) is 0. The van der Waals surface area contributed by atoms with Gasteiger partial charge in [0.05, 0.1) is 0 Å². The monoisotopic (exact) mass is 245 g/mol. The molecule has 0 spiro atoms. The Morgan fingerprint density at radius 3 is 2.53 bits per heavy atom. The molecule has 0 fully saturated rings. The topological polar surface area (TPSA) is 26.0 Å². The number of halogens is 2. The molecular weight excluding hydrogens is 229 g/mol. The molecule has 1 aromatic rings. The van der Waals surface area contributed by atoms with Crippen LogP contribution in [0.3, 0.4) is 0 Å². The van der Waals surface area contributed by atoms with E-state index in [0.29, 0.717) is 5.92 Å². The predicted octanol–water partition coefficient (Wildman–Crippen LogP) is 3.91. The summed E-state index contributed by atoms with van der Waals surface area (Å²) in [5, 5.41) is 1.51. The Bertz CT molecular complexity index is 323. The normalized spacial score (nSPS) is 15.0. The summed E-state index contributed by atoms with van der Waals surface area (Å²) in [5.41, 5.74) is 7.00. The van der Waals surface area contributed by atoms with Crippen molar-refractivity contribution in [3.05, 3.63) is 33.8 Å². The fourth-order valence-corrected chi connectivity index (χ4v) is 2.07. The maximum atomic E-state index is 6.10. The van der Waals surface area contributed by atoms with Crippen LogP contribution in [-0.2, 0) is 6.42 Å². The number of benzene rings is 1. The van der Waals surface area contributed by atoms with Crippen molar-refractivity contribution in [3.63, 3.8) is 0 Å². The molecule has 0 radical (unpaired) electrons. The molecule has 0 heterocycles. The lowest BCUT2D eigenvalue weighted by Crippen LogP contribution is -2.27. The van der Waals surface area contributed by atoms with E-state index in [1.54, 1.807) is 6.07 Å². The van der Waals surface area contributed by atoms with Gasteiger partial charge in [0.15, 0.2) is 0 Å². The third kappa shape index (κ3) is 3.67. The smallest absolute Gasteiger partial charge is 0.0439 e. The van der Waals surface area contributed by atoms with Gasteiger partial charge in [-0.15, -0.1) is 0 Å². The first-order valence-corrected chi connectivity index (χ1v) is 5.99. The molecule has 0 aromatic heterocycles. The van der Waals surface area contributed by atoms with E-state index >= 15 is 0 Å². The first-order valence-electron chi connectivity index (χ1n) is 5.24. The van der Waals surface area contributed by atoms with E-state index in [9.17, 15) is 0 Å². The first-order chi connectivity index (χ1) is 7.04. The Balaban J connectivity index is 2.82. The Labute approximate surface area is 102 Å². The van der Waals surface area contributed by atoms with E-state index in [0.717, 1.165) is 28.5 Å². The van der Waals surface area contributed by atoms with Crippen molar-refractivity contribution in [2.45, 2.75) is 32.7 Å². The molecule has 15 heavy (non-hydrogen) atoms. The second-order valence-corrected chi connectivity index (χ2v) is 4.81. The van der Waals surface area contributed by atoms with Gasteiger partial charge < -0.3 is 5.73 Å². The van der Waals surface area contributed by atoms with E-state index < -0.39 is 0 Å². The SMILES string of the molecule is CCC(Cc1cc(Cl)ccc1Cl)C(C)N. The maximum absolute atomic E-state index is 6.10. The quantitative estimate of drug-likeness (QED) is 0.856. The molecule has 1 nitrogen and oxygen atoms in total. The summed E-state index contributed by atoms with van der Waals surface area (Å²) in [4.78, 5) is 0. The molecule has 0 aliphatic rings. The summed E-state index contributed by atoms with van der Waals surface area (Å²) < 4.78 is 0. The molecule has 2 unspecified atom stereocenters. The Morgan fingerprint density at radius 2 is 2.00 bits per heavy atom. The summed E-state index contributed by atoms with van der Waals surface area (Å²) in [6.45, 7) is 4.18. The van der Waals surface area contributed by atoms with Crippen molar-refractivity contribution in [1.29, 1.82) is 0 Å². The molecule has 0 saturated carbocycles. The van der Waals surface area contributed by atoms with E-state index in [2.05, 4.69) is 6.92 Å². The lowest BCUT2D eigenvalue weighted by atomic mass is 9.91. The van der Waals surface area contributed by atoms with Crippen molar-refractivity contribution < 1.29 is 0 Å². The van der Waals surface area contributed by atoms with Crippen LogP contribution in [0.5, 0.6) is 0 Å². The van der Waals surface area contributed by atoms with Crippen molar-refractivity contribution in [1.82, 2.24) is 0 Å². The summed E-state index contributed by atoms with van der Waals surface area (Å²) in [6.07, 6.45) is 1.95. The van der Waals surface area contributed by atoms with Gasteiger partial charge in [0.25, 0.3) is 0 Å². The zero-order chi connectivity index (χ0) is 11.4. The highest BCUT2D eigenvalue weighted by atomic mass is 35.5. The molecule has 0 bridgehead atoms. The number of hydrogen-bond acceptors (Lipinski definition) is 1. The fourth-order valence-electron chi connectivity index (χ4n) is 1.68. The third-order valence-corrected chi connectivity index (χ3v) is 3.36. The molecular formula is C12H17Cl2N. The van der Waals surface area contributed by atoms with Gasteiger partial charge in [-0.05, 0) is 43.0 Å². The number of hydrogen-bond donors (Lipinski definition) is 1. The van der Waals surface area contributed by atoms with E-state index in [1.807, 2.05) is 19.1 Å². The highest BCUT2D eigenvalue weighted by Crippen LogP contribution is 2.25. The minimum atomic E-state index is 0.185. The van der Waals surface area contributed by atoms with E-state index in [1.165, 1.54) is 0 Å². The minimum absolute atomic E-state index is 0.185. The second kappa shape index (κ2) is 5.74. The fraction of sp³-hybridized carbons (Fsp3) is 0.500. The lowest BCUT2D eigenvalue weighted by Gasteiger charge is -2.19. The molecule has 0 saturated heterocycles. The van der Waals surface area contributed by atoms with Gasteiger partial charge in [-0.1, -0.05) is 36.5 Å². The highest BCUT2D eigenvalue weighted by molar-refractivity contribution is 6.33. The molecule has 1 rings (SSSR count). The molecule has 3 heteroatoms.